The third-order valence-electron chi connectivity index (χ3n) is 3.03. The Labute approximate surface area is 114 Å². The van der Waals surface area contributed by atoms with Crippen molar-refractivity contribution < 1.29 is 4.42 Å². The van der Waals surface area contributed by atoms with E-state index in [-0.39, 0.29) is 0 Å². The van der Waals surface area contributed by atoms with Crippen LogP contribution in [0.1, 0.15) is 30.4 Å². The molecule has 0 saturated carbocycles. The predicted octanol–water partition coefficient (Wildman–Crippen LogP) is 2.72. The summed E-state index contributed by atoms with van der Waals surface area (Å²) in [6.07, 6.45) is 3.76. The lowest BCUT2D eigenvalue weighted by Gasteiger charge is -2.18. The number of pyridine rings is 1. The molecule has 0 aliphatic heterocycles. The van der Waals surface area contributed by atoms with Gasteiger partial charge in [0.05, 0.1) is 12.8 Å². The number of nitrogens with zero attached hydrogens (tertiary/aromatic N) is 2. The SMILES string of the molecule is CCCc1cc(CN)cc(N(C)Cc2ccco2)n1. The summed E-state index contributed by atoms with van der Waals surface area (Å²) in [5.74, 6) is 1.88. The first kappa shape index (κ1) is 13.6. The number of furan rings is 1. The topological polar surface area (TPSA) is 55.3 Å². The average Bonchev–Trinajstić information content (AvgIpc) is 2.91. The molecule has 0 spiro atoms. The summed E-state index contributed by atoms with van der Waals surface area (Å²) in [4.78, 5) is 6.76. The highest BCUT2D eigenvalue weighted by Crippen LogP contribution is 2.17. The van der Waals surface area contributed by atoms with Gasteiger partial charge >= 0.3 is 0 Å². The summed E-state index contributed by atoms with van der Waals surface area (Å²) in [5, 5.41) is 0. The number of nitrogens with two attached hydrogens (primary N) is 1. The van der Waals surface area contributed by atoms with Crippen LogP contribution in [0.15, 0.2) is 34.9 Å². The van der Waals surface area contributed by atoms with E-state index in [1.807, 2.05) is 25.2 Å². The maximum atomic E-state index is 5.76. The summed E-state index contributed by atoms with van der Waals surface area (Å²) in [6.45, 7) is 3.41. The summed E-state index contributed by atoms with van der Waals surface area (Å²) >= 11 is 0. The molecule has 0 aliphatic carbocycles. The van der Waals surface area contributed by atoms with Gasteiger partial charge in [0, 0.05) is 19.3 Å². The lowest BCUT2D eigenvalue weighted by Crippen LogP contribution is -2.18. The third kappa shape index (κ3) is 3.58. The predicted molar refractivity (Wildman–Crippen MR) is 76.9 cm³/mol. The summed E-state index contributed by atoms with van der Waals surface area (Å²) in [7, 11) is 2.01. The average molecular weight is 259 g/mol. The first-order chi connectivity index (χ1) is 9.22. The van der Waals surface area contributed by atoms with Crippen LogP contribution in [0.2, 0.25) is 0 Å². The molecular formula is C15H21N3O. The number of hydrogen-bond acceptors (Lipinski definition) is 4. The van der Waals surface area contributed by atoms with Crippen molar-refractivity contribution in [3.63, 3.8) is 0 Å². The van der Waals surface area contributed by atoms with Gasteiger partial charge in [-0.1, -0.05) is 13.3 Å². The zero-order chi connectivity index (χ0) is 13.7. The first-order valence-corrected chi connectivity index (χ1v) is 6.66. The Morgan fingerprint density at radius 2 is 2.21 bits per heavy atom. The molecule has 2 rings (SSSR count). The summed E-state index contributed by atoms with van der Waals surface area (Å²) < 4.78 is 5.37. The summed E-state index contributed by atoms with van der Waals surface area (Å²) in [6, 6.07) is 8.00. The molecule has 0 unspecified atom stereocenters. The third-order valence-corrected chi connectivity index (χ3v) is 3.03. The molecule has 2 aromatic heterocycles. The standard InChI is InChI=1S/C15H21N3O/c1-3-5-13-8-12(10-16)9-15(17-13)18(2)11-14-6-4-7-19-14/h4,6-9H,3,5,10-11,16H2,1-2H3. The van der Waals surface area contributed by atoms with Gasteiger partial charge in [0.2, 0.25) is 0 Å². The van der Waals surface area contributed by atoms with Gasteiger partial charge in [-0.3, -0.25) is 0 Å². The normalized spacial score (nSPS) is 10.7. The van der Waals surface area contributed by atoms with E-state index in [0.717, 1.165) is 35.7 Å². The highest BCUT2D eigenvalue weighted by molar-refractivity contribution is 5.42. The Morgan fingerprint density at radius 1 is 1.37 bits per heavy atom. The van der Waals surface area contributed by atoms with E-state index in [1.165, 1.54) is 0 Å². The maximum absolute atomic E-state index is 5.76. The van der Waals surface area contributed by atoms with Crippen molar-refractivity contribution in [2.75, 3.05) is 11.9 Å². The highest BCUT2D eigenvalue weighted by Gasteiger charge is 2.08. The molecule has 19 heavy (non-hydrogen) atoms. The molecule has 0 aliphatic rings. The van der Waals surface area contributed by atoms with Gasteiger partial charge in [0.1, 0.15) is 11.6 Å². The molecule has 4 heteroatoms. The summed E-state index contributed by atoms with van der Waals surface area (Å²) in [5.41, 5.74) is 7.98. The van der Waals surface area contributed by atoms with Gasteiger partial charge in [-0.25, -0.2) is 4.98 Å². The second-order valence-corrected chi connectivity index (χ2v) is 4.71. The van der Waals surface area contributed by atoms with Gasteiger partial charge < -0.3 is 15.1 Å². The van der Waals surface area contributed by atoms with Gasteiger partial charge in [-0.05, 0) is 36.2 Å². The van der Waals surface area contributed by atoms with Gasteiger partial charge in [-0.15, -0.1) is 0 Å². The first-order valence-electron chi connectivity index (χ1n) is 6.66. The van der Waals surface area contributed by atoms with Crippen LogP contribution < -0.4 is 10.6 Å². The molecule has 0 bridgehead atoms. The van der Waals surface area contributed by atoms with Crippen LogP contribution in [-0.4, -0.2) is 12.0 Å². The second-order valence-electron chi connectivity index (χ2n) is 4.71. The van der Waals surface area contributed by atoms with Gasteiger partial charge in [0.25, 0.3) is 0 Å². The molecule has 0 fully saturated rings. The number of aromatic nitrogens is 1. The zero-order valence-corrected chi connectivity index (χ0v) is 11.6. The van der Waals surface area contributed by atoms with E-state index >= 15 is 0 Å². The largest absolute Gasteiger partial charge is 0.467 e. The minimum absolute atomic E-state index is 0.542. The Kier molecular flexibility index (Phi) is 4.58. The van der Waals surface area contributed by atoms with Crippen LogP contribution in [0, 0.1) is 0 Å². The molecule has 2 N–H and O–H groups in total. The Bertz CT molecular complexity index is 508. The van der Waals surface area contributed by atoms with Gasteiger partial charge in [0.15, 0.2) is 0 Å². The maximum Gasteiger partial charge on any atom is 0.129 e. The van der Waals surface area contributed by atoms with Crippen LogP contribution in [-0.2, 0) is 19.5 Å². The van der Waals surface area contributed by atoms with E-state index in [9.17, 15) is 0 Å². The number of aryl methyl sites for hydroxylation is 1. The van der Waals surface area contributed by atoms with Crippen molar-refractivity contribution in [1.82, 2.24) is 4.98 Å². The molecular weight excluding hydrogens is 238 g/mol. The lowest BCUT2D eigenvalue weighted by molar-refractivity contribution is 0.507. The second kappa shape index (κ2) is 6.38. The van der Waals surface area contributed by atoms with E-state index in [2.05, 4.69) is 22.9 Å². The fourth-order valence-electron chi connectivity index (χ4n) is 2.05. The fraction of sp³-hybridized carbons (Fsp3) is 0.400. The van der Waals surface area contributed by atoms with Crippen LogP contribution in [0.25, 0.3) is 0 Å². The molecule has 4 nitrogen and oxygen atoms in total. The fourth-order valence-corrected chi connectivity index (χ4v) is 2.05. The minimum atomic E-state index is 0.542. The van der Waals surface area contributed by atoms with Gasteiger partial charge in [-0.2, -0.15) is 0 Å². The number of hydrogen-bond donors (Lipinski definition) is 1. The highest BCUT2D eigenvalue weighted by atomic mass is 16.3. The zero-order valence-electron chi connectivity index (χ0n) is 11.6. The van der Waals surface area contributed by atoms with Crippen LogP contribution >= 0.6 is 0 Å². The van der Waals surface area contributed by atoms with E-state index in [4.69, 9.17) is 10.2 Å². The van der Waals surface area contributed by atoms with Crippen molar-refractivity contribution in [1.29, 1.82) is 0 Å². The van der Waals surface area contributed by atoms with Crippen molar-refractivity contribution in [2.45, 2.75) is 32.9 Å². The number of anilines is 1. The molecule has 0 atom stereocenters. The molecule has 0 saturated heterocycles. The number of rotatable bonds is 6. The Morgan fingerprint density at radius 3 is 2.84 bits per heavy atom. The smallest absolute Gasteiger partial charge is 0.129 e. The Hall–Kier alpha value is -1.81. The molecule has 0 amide bonds. The van der Waals surface area contributed by atoms with E-state index < -0.39 is 0 Å². The Balaban J connectivity index is 2.19. The van der Waals surface area contributed by atoms with Crippen molar-refractivity contribution in [2.24, 2.45) is 5.73 Å². The van der Waals surface area contributed by atoms with Crippen molar-refractivity contribution in [3.8, 4) is 0 Å². The molecule has 2 aromatic rings. The molecule has 2 heterocycles. The van der Waals surface area contributed by atoms with E-state index in [0.29, 0.717) is 13.1 Å². The molecule has 0 radical (unpaired) electrons. The molecule has 0 aromatic carbocycles. The van der Waals surface area contributed by atoms with Crippen LogP contribution in [0.4, 0.5) is 5.82 Å². The van der Waals surface area contributed by atoms with Crippen LogP contribution in [0.3, 0.4) is 0 Å². The quantitative estimate of drug-likeness (QED) is 0.866. The van der Waals surface area contributed by atoms with Crippen molar-refractivity contribution >= 4 is 5.82 Å². The molecule has 102 valence electrons. The monoisotopic (exact) mass is 259 g/mol. The van der Waals surface area contributed by atoms with Crippen molar-refractivity contribution in [3.05, 3.63) is 47.5 Å². The van der Waals surface area contributed by atoms with E-state index in [1.54, 1.807) is 6.26 Å². The van der Waals surface area contributed by atoms with Crippen LogP contribution in [0.5, 0.6) is 0 Å². The lowest BCUT2D eigenvalue weighted by atomic mass is 10.1. The minimum Gasteiger partial charge on any atom is -0.467 e.